The maximum absolute atomic E-state index is 13.0. The van der Waals surface area contributed by atoms with Gasteiger partial charge in [0.05, 0.1) is 6.04 Å². The quantitative estimate of drug-likeness (QED) is 0.851. The van der Waals surface area contributed by atoms with Crippen molar-refractivity contribution in [3.8, 4) is 0 Å². The molecule has 1 heterocycles. The highest BCUT2D eigenvalue weighted by Crippen LogP contribution is 2.16. The van der Waals surface area contributed by atoms with Crippen LogP contribution in [0.1, 0.15) is 26.2 Å². The van der Waals surface area contributed by atoms with Gasteiger partial charge in [-0.3, -0.25) is 4.79 Å². The molecule has 1 saturated heterocycles. The summed E-state index contributed by atoms with van der Waals surface area (Å²) in [7, 11) is 0. The van der Waals surface area contributed by atoms with E-state index in [1.807, 2.05) is 6.92 Å². The lowest BCUT2D eigenvalue weighted by Crippen LogP contribution is -2.47. The maximum atomic E-state index is 13.0. The van der Waals surface area contributed by atoms with Crippen molar-refractivity contribution in [2.24, 2.45) is 0 Å². The third-order valence-corrected chi connectivity index (χ3v) is 3.06. The fourth-order valence-corrected chi connectivity index (χ4v) is 2.20. The van der Waals surface area contributed by atoms with Crippen molar-refractivity contribution in [2.75, 3.05) is 5.32 Å². The third-order valence-electron chi connectivity index (χ3n) is 3.06. The van der Waals surface area contributed by atoms with E-state index in [9.17, 15) is 13.6 Å². The Morgan fingerprint density at radius 1 is 1.28 bits per heavy atom. The molecule has 1 aliphatic rings. The van der Waals surface area contributed by atoms with Gasteiger partial charge in [-0.25, -0.2) is 8.78 Å². The van der Waals surface area contributed by atoms with Gasteiger partial charge in [-0.15, -0.1) is 0 Å². The van der Waals surface area contributed by atoms with Gasteiger partial charge < -0.3 is 10.6 Å². The lowest BCUT2D eigenvalue weighted by Gasteiger charge is -2.27. The van der Waals surface area contributed by atoms with Crippen LogP contribution < -0.4 is 10.6 Å². The van der Waals surface area contributed by atoms with Crippen LogP contribution in [0.4, 0.5) is 14.5 Å². The van der Waals surface area contributed by atoms with Crippen LogP contribution in [0.15, 0.2) is 18.2 Å². The molecule has 2 N–H and O–H groups in total. The minimum Gasteiger partial charge on any atom is -0.325 e. The largest absolute Gasteiger partial charge is 0.325 e. The average molecular weight is 254 g/mol. The molecule has 2 unspecified atom stereocenters. The Bertz CT molecular complexity index is 430. The first-order valence-electron chi connectivity index (χ1n) is 6.07. The third kappa shape index (κ3) is 3.26. The summed E-state index contributed by atoms with van der Waals surface area (Å²) in [6, 6.07) is 2.98. The maximum Gasteiger partial charge on any atom is 0.241 e. The van der Waals surface area contributed by atoms with Crippen LogP contribution in [0, 0.1) is 11.6 Å². The molecule has 1 amide bonds. The van der Waals surface area contributed by atoms with Crippen LogP contribution in [0.3, 0.4) is 0 Å². The second-order valence-electron chi connectivity index (χ2n) is 4.70. The van der Waals surface area contributed by atoms with Crippen LogP contribution in [0.5, 0.6) is 0 Å². The molecule has 1 fully saturated rings. The Labute approximate surface area is 105 Å². The molecule has 1 aromatic carbocycles. The van der Waals surface area contributed by atoms with E-state index in [1.54, 1.807) is 0 Å². The Morgan fingerprint density at radius 2 is 1.94 bits per heavy atom. The summed E-state index contributed by atoms with van der Waals surface area (Å²) >= 11 is 0. The van der Waals surface area contributed by atoms with E-state index in [0.717, 1.165) is 37.5 Å². The van der Waals surface area contributed by atoms with Crippen molar-refractivity contribution in [3.05, 3.63) is 29.8 Å². The van der Waals surface area contributed by atoms with Gasteiger partial charge in [0, 0.05) is 17.8 Å². The van der Waals surface area contributed by atoms with Crippen molar-refractivity contribution < 1.29 is 13.6 Å². The van der Waals surface area contributed by atoms with Crippen molar-refractivity contribution in [1.29, 1.82) is 0 Å². The van der Waals surface area contributed by atoms with Gasteiger partial charge >= 0.3 is 0 Å². The van der Waals surface area contributed by atoms with Crippen LogP contribution >= 0.6 is 0 Å². The van der Waals surface area contributed by atoms with Crippen molar-refractivity contribution in [2.45, 2.75) is 38.3 Å². The molecule has 1 aliphatic heterocycles. The smallest absolute Gasteiger partial charge is 0.241 e. The van der Waals surface area contributed by atoms with Gasteiger partial charge in [0.15, 0.2) is 0 Å². The summed E-state index contributed by atoms with van der Waals surface area (Å²) in [5.74, 6) is -1.64. The zero-order chi connectivity index (χ0) is 13.1. The van der Waals surface area contributed by atoms with E-state index in [0.29, 0.717) is 6.04 Å². The van der Waals surface area contributed by atoms with Crippen molar-refractivity contribution in [1.82, 2.24) is 5.32 Å². The highest BCUT2D eigenvalue weighted by atomic mass is 19.1. The van der Waals surface area contributed by atoms with E-state index in [2.05, 4.69) is 10.6 Å². The van der Waals surface area contributed by atoms with Gasteiger partial charge in [-0.05, 0) is 38.3 Å². The molecular formula is C13H16F2N2O. The summed E-state index contributed by atoms with van der Waals surface area (Å²) in [6.07, 6.45) is 2.76. The first-order valence-corrected chi connectivity index (χ1v) is 6.07. The molecule has 0 spiro atoms. The molecule has 18 heavy (non-hydrogen) atoms. The van der Waals surface area contributed by atoms with E-state index < -0.39 is 11.6 Å². The molecule has 1 aromatic rings. The zero-order valence-corrected chi connectivity index (χ0v) is 10.2. The van der Waals surface area contributed by atoms with E-state index in [-0.39, 0.29) is 17.6 Å². The van der Waals surface area contributed by atoms with E-state index in [1.165, 1.54) is 0 Å². The highest BCUT2D eigenvalue weighted by molar-refractivity contribution is 5.94. The Morgan fingerprint density at radius 3 is 2.56 bits per heavy atom. The molecule has 2 rings (SSSR count). The fraction of sp³-hybridized carbons (Fsp3) is 0.462. The zero-order valence-electron chi connectivity index (χ0n) is 10.2. The molecule has 3 nitrogen and oxygen atoms in total. The van der Waals surface area contributed by atoms with Crippen molar-refractivity contribution in [3.63, 3.8) is 0 Å². The lowest BCUT2D eigenvalue weighted by molar-refractivity contribution is -0.118. The summed E-state index contributed by atoms with van der Waals surface area (Å²) in [5, 5.41) is 5.70. The first-order chi connectivity index (χ1) is 8.54. The van der Waals surface area contributed by atoms with Gasteiger partial charge in [-0.1, -0.05) is 0 Å². The predicted molar refractivity (Wildman–Crippen MR) is 65.2 cm³/mol. The number of nitrogens with one attached hydrogen (secondary N) is 2. The number of hydrogen-bond acceptors (Lipinski definition) is 2. The highest BCUT2D eigenvalue weighted by Gasteiger charge is 2.24. The van der Waals surface area contributed by atoms with Crippen molar-refractivity contribution >= 4 is 11.6 Å². The van der Waals surface area contributed by atoms with E-state index >= 15 is 0 Å². The van der Waals surface area contributed by atoms with Crippen LogP contribution in [0.25, 0.3) is 0 Å². The molecule has 0 aliphatic carbocycles. The molecule has 0 radical (unpaired) electrons. The number of benzene rings is 1. The van der Waals surface area contributed by atoms with E-state index in [4.69, 9.17) is 0 Å². The summed E-state index contributed by atoms with van der Waals surface area (Å²) in [5.41, 5.74) is 0.150. The first kappa shape index (κ1) is 13.0. The summed E-state index contributed by atoms with van der Waals surface area (Å²) in [4.78, 5) is 11.9. The number of piperidine rings is 1. The second kappa shape index (κ2) is 5.44. The molecule has 98 valence electrons. The monoisotopic (exact) mass is 254 g/mol. The predicted octanol–water partition coefficient (Wildman–Crippen LogP) is 2.43. The van der Waals surface area contributed by atoms with Gasteiger partial charge in [0.25, 0.3) is 0 Å². The lowest BCUT2D eigenvalue weighted by atomic mass is 9.99. The summed E-state index contributed by atoms with van der Waals surface area (Å²) in [6.45, 7) is 2.02. The van der Waals surface area contributed by atoms with Crippen LogP contribution in [0.2, 0.25) is 0 Å². The number of hydrogen-bond donors (Lipinski definition) is 2. The summed E-state index contributed by atoms with van der Waals surface area (Å²) < 4.78 is 26.0. The standard InChI is InChI=1S/C13H16F2N2O/c1-8-3-2-4-12(16-8)13(18)17-11-6-9(14)5-10(15)7-11/h5-8,12,16H,2-4H2,1H3,(H,17,18). The van der Waals surface area contributed by atoms with Crippen LogP contribution in [-0.4, -0.2) is 18.0 Å². The average Bonchev–Trinajstić information content (AvgIpc) is 2.27. The number of carbonyl (C=O) groups is 1. The molecule has 0 saturated carbocycles. The van der Waals surface area contributed by atoms with Crippen LogP contribution in [-0.2, 0) is 4.79 Å². The topological polar surface area (TPSA) is 41.1 Å². The second-order valence-corrected chi connectivity index (χ2v) is 4.70. The molecule has 5 heteroatoms. The SMILES string of the molecule is CC1CCCC(C(=O)Nc2cc(F)cc(F)c2)N1. The normalized spacial score (nSPS) is 23.7. The number of halogens is 2. The fourth-order valence-electron chi connectivity index (χ4n) is 2.20. The minimum absolute atomic E-state index is 0.150. The minimum atomic E-state index is -0.699. The Kier molecular flexibility index (Phi) is 3.91. The number of anilines is 1. The Balaban J connectivity index is 2.02. The van der Waals surface area contributed by atoms with Gasteiger partial charge in [-0.2, -0.15) is 0 Å². The molecule has 2 atom stereocenters. The molecule has 0 bridgehead atoms. The van der Waals surface area contributed by atoms with Gasteiger partial charge in [0.2, 0.25) is 5.91 Å². The molecular weight excluding hydrogens is 238 g/mol. The van der Waals surface area contributed by atoms with Gasteiger partial charge in [0.1, 0.15) is 11.6 Å². The molecule has 0 aromatic heterocycles. The number of rotatable bonds is 2. The Hall–Kier alpha value is -1.49. The number of carbonyl (C=O) groups excluding carboxylic acids is 1. The number of amides is 1.